The van der Waals surface area contributed by atoms with Crippen molar-refractivity contribution < 1.29 is 32.2 Å². The fourth-order valence-corrected chi connectivity index (χ4v) is 5.11. The van der Waals surface area contributed by atoms with Gasteiger partial charge < -0.3 is 19.5 Å². The second kappa shape index (κ2) is 9.67. The molecule has 3 aromatic rings. The Morgan fingerprint density at radius 3 is 2.31 bits per heavy atom. The number of hydrogen-bond acceptors (Lipinski definition) is 7. The lowest BCUT2D eigenvalue weighted by atomic mass is 10.1. The van der Waals surface area contributed by atoms with Gasteiger partial charge in [0.1, 0.15) is 11.5 Å². The Balaban J connectivity index is 1.62. The third-order valence-corrected chi connectivity index (χ3v) is 7.29. The average Bonchev–Trinajstić information content (AvgIpc) is 2.87. The first-order chi connectivity index (χ1) is 16.7. The zero-order valence-electron chi connectivity index (χ0n) is 19.3. The Morgan fingerprint density at radius 1 is 1.00 bits per heavy atom. The lowest BCUT2D eigenvalue weighted by Crippen LogP contribution is -2.48. The van der Waals surface area contributed by atoms with Crippen molar-refractivity contribution in [3.8, 4) is 11.5 Å². The molecule has 182 valence electrons. The van der Waals surface area contributed by atoms with E-state index in [1.165, 1.54) is 42.8 Å². The number of nitrogens with zero attached hydrogens (tertiary/aromatic N) is 1. The van der Waals surface area contributed by atoms with Crippen molar-refractivity contribution >= 4 is 33.3 Å². The van der Waals surface area contributed by atoms with Crippen LogP contribution >= 0.6 is 0 Å². The van der Waals surface area contributed by atoms with Crippen LogP contribution < -0.4 is 19.1 Å². The Bertz CT molecular complexity index is 1350. The lowest BCUT2D eigenvalue weighted by molar-refractivity contribution is -0.122. The van der Waals surface area contributed by atoms with Crippen LogP contribution in [0.1, 0.15) is 15.9 Å². The minimum Gasteiger partial charge on any atom is -0.497 e. The minimum absolute atomic E-state index is 0.0595. The first-order valence-corrected chi connectivity index (χ1v) is 12.1. The molecule has 1 N–H and O–H groups in total. The zero-order chi connectivity index (χ0) is 25.2. The second-order valence-electron chi connectivity index (χ2n) is 7.85. The molecular formula is C25H24N2O7S. The number of carbonyl (C=O) groups excluding carboxylic acids is 2. The van der Waals surface area contributed by atoms with Gasteiger partial charge in [0.2, 0.25) is 0 Å². The first kappa shape index (κ1) is 24.1. The molecule has 1 aliphatic heterocycles. The minimum atomic E-state index is -4.00. The molecule has 1 amide bonds. The SMILES string of the molecule is COC(=O)c1ccc(NC(=O)[C@H]2CN(S(=O)(=O)c3ccc(OC)cc3)c3ccc(C)cc3O2)cc1. The van der Waals surface area contributed by atoms with Gasteiger partial charge in [-0.05, 0) is 73.2 Å². The topological polar surface area (TPSA) is 111 Å². The van der Waals surface area contributed by atoms with Crippen LogP contribution in [0.2, 0.25) is 0 Å². The van der Waals surface area contributed by atoms with Gasteiger partial charge in [-0.25, -0.2) is 13.2 Å². The Kier molecular flexibility index (Phi) is 6.65. The summed E-state index contributed by atoms with van der Waals surface area (Å²) in [7, 11) is -1.23. The van der Waals surface area contributed by atoms with Crippen LogP contribution in [0.4, 0.5) is 11.4 Å². The molecule has 10 heteroatoms. The number of amides is 1. The van der Waals surface area contributed by atoms with Gasteiger partial charge in [-0.3, -0.25) is 9.10 Å². The first-order valence-electron chi connectivity index (χ1n) is 10.7. The van der Waals surface area contributed by atoms with E-state index in [0.717, 1.165) is 5.56 Å². The van der Waals surface area contributed by atoms with E-state index in [1.807, 2.05) is 6.92 Å². The van der Waals surface area contributed by atoms with E-state index >= 15 is 0 Å². The highest BCUT2D eigenvalue weighted by molar-refractivity contribution is 7.92. The summed E-state index contributed by atoms with van der Waals surface area (Å²) in [5, 5.41) is 2.71. The van der Waals surface area contributed by atoms with Crippen LogP contribution in [0.3, 0.4) is 0 Å². The van der Waals surface area contributed by atoms with Crippen molar-refractivity contribution in [3.63, 3.8) is 0 Å². The molecule has 0 aliphatic carbocycles. The van der Waals surface area contributed by atoms with Gasteiger partial charge in [-0.2, -0.15) is 0 Å². The van der Waals surface area contributed by atoms with Gasteiger partial charge in [0.25, 0.3) is 15.9 Å². The number of methoxy groups -OCH3 is 2. The van der Waals surface area contributed by atoms with E-state index in [4.69, 9.17) is 9.47 Å². The van der Waals surface area contributed by atoms with Crippen LogP contribution in [0, 0.1) is 6.92 Å². The molecule has 3 aromatic carbocycles. The molecule has 1 aliphatic rings. The van der Waals surface area contributed by atoms with E-state index in [-0.39, 0.29) is 17.2 Å². The standard InChI is InChI=1S/C25H24N2O7S/c1-16-4-13-21-22(14-16)34-23(24(28)26-18-7-5-17(6-8-18)25(29)33-3)15-27(21)35(30,31)20-11-9-19(32-2)10-12-20/h4-14,23H,15H2,1-3H3,(H,26,28)/t23-/m1/s1. The molecule has 0 saturated heterocycles. The largest absolute Gasteiger partial charge is 0.497 e. The number of carbonyl (C=O) groups is 2. The van der Waals surface area contributed by atoms with Crippen LogP contribution in [0.25, 0.3) is 0 Å². The van der Waals surface area contributed by atoms with E-state index in [0.29, 0.717) is 22.7 Å². The predicted molar refractivity (Wildman–Crippen MR) is 130 cm³/mol. The number of ether oxygens (including phenoxy) is 3. The third kappa shape index (κ3) is 4.92. The van der Waals surface area contributed by atoms with Crippen LogP contribution in [-0.4, -0.2) is 47.2 Å². The van der Waals surface area contributed by atoms with Crippen molar-refractivity contribution in [2.75, 3.05) is 30.4 Å². The van der Waals surface area contributed by atoms with Crippen LogP contribution in [0.5, 0.6) is 11.5 Å². The molecule has 9 nitrogen and oxygen atoms in total. The van der Waals surface area contributed by atoms with Gasteiger partial charge in [-0.1, -0.05) is 6.07 Å². The molecule has 4 rings (SSSR count). The number of nitrogens with one attached hydrogen (secondary N) is 1. The van der Waals surface area contributed by atoms with Gasteiger partial charge in [-0.15, -0.1) is 0 Å². The second-order valence-corrected chi connectivity index (χ2v) is 9.71. The number of aryl methyl sites for hydroxylation is 1. The highest BCUT2D eigenvalue weighted by Gasteiger charge is 2.37. The number of hydrogen-bond donors (Lipinski definition) is 1. The number of anilines is 2. The van der Waals surface area contributed by atoms with Crippen molar-refractivity contribution in [1.29, 1.82) is 0 Å². The maximum absolute atomic E-state index is 13.5. The van der Waals surface area contributed by atoms with E-state index < -0.39 is 28.0 Å². The zero-order valence-corrected chi connectivity index (χ0v) is 20.2. The van der Waals surface area contributed by atoms with Crippen LogP contribution in [0.15, 0.2) is 71.6 Å². The molecule has 0 saturated carbocycles. The molecule has 0 unspecified atom stereocenters. The molecule has 0 radical (unpaired) electrons. The highest BCUT2D eigenvalue weighted by Crippen LogP contribution is 2.38. The van der Waals surface area contributed by atoms with Gasteiger partial charge in [0, 0.05) is 5.69 Å². The average molecular weight is 497 g/mol. The molecular weight excluding hydrogens is 472 g/mol. The summed E-state index contributed by atoms with van der Waals surface area (Å²) >= 11 is 0. The van der Waals surface area contributed by atoms with Gasteiger partial charge >= 0.3 is 5.97 Å². The predicted octanol–water partition coefficient (Wildman–Crippen LogP) is 3.39. The van der Waals surface area contributed by atoms with Crippen molar-refractivity contribution in [1.82, 2.24) is 0 Å². The summed E-state index contributed by atoms with van der Waals surface area (Å²) in [6.45, 7) is 1.62. The summed E-state index contributed by atoms with van der Waals surface area (Å²) in [5.41, 5.74) is 1.95. The normalized spacial score (nSPS) is 14.9. The van der Waals surface area contributed by atoms with Crippen molar-refractivity contribution in [2.45, 2.75) is 17.9 Å². The number of benzene rings is 3. The quantitative estimate of drug-likeness (QED) is 0.521. The number of esters is 1. The number of rotatable bonds is 6. The summed E-state index contributed by atoms with van der Waals surface area (Å²) in [5.74, 6) is -0.213. The van der Waals surface area contributed by atoms with Crippen molar-refractivity contribution in [2.24, 2.45) is 0 Å². The van der Waals surface area contributed by atoms with E-state index in [9.17, 15) is 18.0 Å². The van der Waals surface area contributed by atoms with E-state index in [1.54, 1.807) is 42.5 Å². The number of fused-ring (bicyclic) bond motifs is 1. The summed E-state index contributed by atoms with van der Waals surface area (Å²) < 4.78 is 44.0. The fraction of sp³-hybridized carbons (Fsp3) is 0.200. The maximum atomic E-state index is 13.5. The molecule has 0 fully saturated rings. The summed E-state index contributed by atoms with van der Waals surface area (Å²) in [6, 6.07) is 17.3. The Labute approximate surface area is 203 Å². The van der Waals surface area contributed by atoms with Crippen LogP contribution in [-0.2, 0) is 19.6 Å². The molecule has 0 bridgehead atoms. The molecule has 0 spiro atoms. The molecule has 0 aromatic heterocycles. The van der Waals surface area contributed by atoms with Crippen molar-refractivity contribution in [3.05, 3.63) is 77.9 Å². The smallest absolute Gasteiger partial charge is 0.337 e. The van der Waals surface area contributed by atoms with E-state index in [2.05, 4.69) is 10.1 Å². The number of sulfonamides is 1. The monoisotopic (exact) mass is 496 g/mol. The Morgan fingerprint density at radius 2 is 1.69 bits per heavy atom. The fourth-order valence-electron chi connectivity index (χ4n) is 3.63. The molecule has 1 heterocycles. The van der Waals surface area contributed by atoms with Gasteiger partial charge in [0.05, 0.1) is 36.9 Å². The maximum Gasteiger partial charge on any atom is 0.337 e. The summed E-state index contributed by atoms with van der Waals surface area (Å²) in [4.78, 5) is 24.7. The Hall–Kier alpha value is -4.05. The summed E-state index contributed by atoms with van der Waals surface area (Å²) in [6.07, 6.45) is -1.11. The third-order valence-electron chi connectivity index (χ3n) is 5.50. The lowest BCUT2D eigenvalue weighted by Gasteiger charge is -2.35. The van der Waals surface area contributed by atoms with Gasteiger partial charge in [0.15, 0.2) is 6.10 Å². The molecule has 35 heavy (non-hydrogen) atoms. The molecule has 1 atom stereocenters. The highest BCUT2D eigenvalue weighted by atomic mass is 32.2.